The number of hydrogen-bond donors (Lipinski definition) is 1. The number of carbonyl (C=O) groups excluding carboxylic acids is 3. The fourth-order valence-electron chi connectivity index (χ4n) is 4.65. The van der Waals surface area contributed by atoms with Crippen LogP contribution < -0.4 is 5.32 Å². The first-order valence-electron chi connectivity index (χ1n) is 10.7. The third kappa shape index (κ3) is 4.45. The minimum atomic E-state index is -3.45. The van der Waals surface area contributed by atoms with Crippen molar-refractivity contribution in [2.75, 3.05) is 32.7 Å². The smallest absolute Gasteiger partial charge is 0.325 e. The molecule has 0 unspecified atom stereocenters. The molecule has 2 saturated heterocycles. The molecular weight excluding hydrogens is 420 g/mol. The number of rotatable bonds is 6. The van der Waals surface area contributed by atoms with Gasteiger partial charge in [0.15, 0.2) is 0 Å². The Kier molecular flexibility index (Phi) is 6.02. The molecular formula is C21H28N4O5S. The van der Waals surface area contributed by atoms with Crippen molar-refractivity contribution in [2.45, 2.75) is 43.4 Å². The highest BCUT2D eigenvalue weighted by Crippen LogP contribution is 2.35. The summed E-state index contributed by atoms with van der Waals surface area (Å²) in [4.78, 5) is 40.3. The van der Waals surface area contributed by atoms with Crippen LogP contribution in [0.2, 0.25) is 0 Å². The first kappa shape index (κ1) is 21.8. The van der Waals surface area contributed by atoms with Crippen LogP contribution in [0.5, 0.6) is 0 Å². The van der Waals surface area contributed by atoms with Crippen LogP contribution in [0.4, 0.5) is 4.79 Å². The average molecular weight is 449 g/mol. The number of carbonyl (C=O) groups is 3. The normalized spacial score (nSPS) is 21.7. The fraction of sp³-hybridized carbons (Fsp3) is 0.571. The van der Waals surface area contributed by atoms with Crippen molar-refractivity contribution in [3.63, 3.8) is 0 Å². The molecule has 1 saturated carbocycles. The second-order valence-electron chi connectivity index (χ2n) is 8.45. The van der Waals surface area contributed by atoms with Gasteiger partial charge in [-0.3, -0.25) is 14.5 Å². The maximum atomic E-state index is 12.7. The summed E-state index contributed by atoms with van der Waals surface area (Å²) < 4.78 is 26.7. The van der Waals surface area contributed by atoms with E-state index >= 15 is 0 Å². The number of nitrogens with one attached hydrogen (secondary N) is 1. The highest BCUT2D eigenvalue weighted by Gasteiger charge is 2.52. The number of piperazine rings is 1. The predicted octanol–water partition coefficient (Wildman–Crippen LogP) is 0.915. The quantitative estimate of drug-likeness (QED) is 0.651. The lowest BCUT2D eigenvalue weighted by Crippen LogP contribution is -2.51. The highest BCUT2D eigenvalue weighted by atomic mass is 32.2. The largest absolute Gasteiger partial charge is 0.340 e. The molecule has 2 aliphatic heterocycles. The van der Waals surface area contributed by atoms with Crippen molar-refractivity contribution < 1.29 is 22.8 Å². The number of imide groups is 1. The molecule has 1 aliphatic carbocycles. The lowest BCUT2D eigenvalue weighted by atomic mass is 9.98. The Labute approximate surface area is 182 Å². The molecule has 1 N–H and O–H groups in total. The molecule has 31 heavy (non-hydrogen) atoms. The SMILES string of the molecule is O=C(CCN1C(=O)NC2(CCCC2)C1=O)N1CCN(S(=O)(=O)Cc2ccccc2)CC1. The van der Waals surface area contributed by atoms with Crippen molar-refractivity contribution >= 4 is 27.9 Å². The monoisotopic (exact) mass is 448 g/mol. The first-order chi connectivity index (χ1) is 14.8. The van der Waals surface area contributed by atoms with E-state index in [2.05, 4.69) is 5.32 Å². The van der Waals surface area contributed by atoms with Gasteiger partial charge in [-0.1, -0.05) is 43.2 Å². The molecule has 0 atom stereocenters. The van der Waals surface area contributed by atoms with E-state index in [0.29, 0.717) is 25.9 Å². The van der Waals surface area contributed by atoms with E-state index in [1.807, 2.05) is 6.07 Å². The van der Waals surface area contributed by atoms with Gasteiger partial charge in [0, 0.05) is 39.1 Å². The Morgan fingerprint density at radius 3 is 2.29 bits per heavy atom. The second kappa shape index (κ2) is 8.58. The van der Waals surface area contributed by atoms with E-state index in [0.717, 1.165) is 23.3 Å². The van der Waals surface area contributed by atoms with Gasteiger partial charge in [-0.15, -0.1) is 0 Å². The van der Waals surface area contributed by atoms with Gasteiger partial charge in [-0.2, -0.15) is 4.31 Å². The summed E-state index contributed by atoms with van der Waals surface area (Å²) >= 11 is 0. The molecule has 2 heterocycles. The van der Waals surface area contributed by atoms with Crippen LogP contribution in [0.1, 0.15) is 37.7 Å². The zero-order valence-electron chi connectivity index (χ0n) is 17.5. The molecule has 168 valence electrons. The molecule has 1 aromatic rings. The Bertz CT molecular complexity index is 951. The van der Waals surface area contributed by atoms with Crippen LogP contribution in [0.15, 0.2) is 30.3 Å². The Hall–Kier alpha value is -2.46. The van der Waals surface area contributed by atoms with Crippen LogP contribution >= 0.6 is 0 Å². The standard InChI is InChI=1S/C21H28N4O5S/c26-18(8-11-25-19(27)21(22-20(25)28)9-4-5-10-21)23-12-14-24(15-13-23)31(29,30)16-17-6-2-1-3-7-17/h1-3,6-7H,4-5,8-16H2,(H,22,28). The first-order valence-corrected chi connectivity index (χ1v) is 12.4. The molecule has 0 radical (unpaired) electrons. The van der Waals surface area contributed by atoms with Gasteiger partial charge in [0.05, 0.1) is 5.75 Å². The van der Waals surface area contributed by atoms with Gasteiger partial charge < -0.3 is 10.2 Å². The third-order valence-corrected chi connectivity index (χ3v) is 8.28. The molecule has 3 fully saturated rings. The number of urea groups is 1. The summed E-state index contributed by atoms with van der Waals surface area (Å²) in [7, 11) is -3.45. The molecule has 4 amide bonds. The van der Waals surface area contributed by atoms with Crippen molar-refractivity contribution in [1.29, 1.82) is 0 Å². The molecule has 10 heteroatoms. The van der Waals surface area contributed by atoms with Gasteiger partial charge in [-0.05, 0) is 18.4 Å². The minimum Gasteiger partial charge on any atom is -0.340 e. The maximum Gasteiger partial charge on any atom is 0.325 e. The number of benzene rings is 1. The van der Waals surface area contributed by atoms with E-state index in [9.17, 15) is 22.8 Å². The second-order valence-corrected chi connectivity index (χ2v) is 10.4. The number of hydrogen-bond acceptors (Lipinski definition) is 5. The molecule has 4 rings (SSSR count). The van der Waals surface area contributed by atoms with Crippen LogP contribution in [0.3, 0.4) is 0 Å². The van der Waals surface area contributed by atoms with Gasteiger partial charge in [-0.25, -0.2) is 13.2 Å². The molecule has 0 bridgehead atoms. The van der Waals surface area contributed by atoms with Gasteiger partial charge >= 0.3 is 6.03 Å². The van der Waals surface area contributed by atoms with E-state index in [1.165, 1.54) is 4.31 Å². The topological polar surface area (TPSA) is 107 Å². The van der Waals surface area contributed by atoms with E-state index in [4.69, 9.17) is 0 Å². The number of amides is 4. The lowest BCUT2D eigenvalue weighted by Gasteiger charge is -2.34. The van der Waals surface area contributed by atoms with Gasteiger partial charge in [0.2, 0.25) is 15.9 Å². The van der Waals surface area contributed by atoms with E-state index < -0.39 is 21.6 Å². The predicted molar refractivity (Wildman–Crippen MR) is 113 cm³/mol. The van der Waals surface area contributed by atoms with Crippen LogP contribution in [0, 0.1) is 0 Å². The highest BCUT2D eigenvalue weighted by molar-refractivity contribution is 7.88. The molecule has 0 aromatic heterocycles. The Morgan fingerprint density at radius 1 is 1.00 bits per heavy atom. The summed E-state index contributed by atoms with van der Waals surface area (Å²) in [5.41, 5.74) is -0.0339. The van der Waals surface area contributed by atoms with Crippen molar-refractivity contribution in [2.24, 2.45) is 0 Å². The lowest BCUT2D eigenvalue weighted by molar-refractivity contribution is -0.134. The summed E-state index contributed by atoms with van der Waals surface area (Å²) in [6.45, 7) is 1.14. The van der Waals surface area contributed by atoms with E-state index in [1.54, 1.807) is 29.2 Å². The average Bonchev–Trinajstić information content (AvgIpc) is 3.32. The van der Waals surface area contributed by atoms with Gasteiger partial charge in [0.1, 0.15) is 5.54 Å². The summed E-state index contributed by atoms with van der Waals surface area (Å²) in [5, 5.41) is 2.81. The van der Waals surface area contributed by atoms with Crippen molar-refractivity contribution in [1.82, 2.24) is 19.4 Å². The molecule has 3 aliphatic rings. The fourth-order valence-corrected chi connectivity index (χ4v) is 6.17. The summed E-state index contributed by atoms with van der Waals surface area (Å²) in [5.74, 6) is -0.455. The summed E-state index contributed by atoms with van der Waals surface area (Å²) in [6.07, 6.45) is 3.18. The Balaban J connectivity index is 1.27. The zero-order chi connectivity index (χ0) is 22.1. The van der Waals surface area contributed by atoms with Crippen molar-refractivity contribution in [3.05, 3.63) is 35.9 Å². The maximum absolute atomic E-state index is 12.7. The van der Waals surface area contributed by atoms with Gasteiger partial charge in [0.25, 0.3) is 5.91 Å². The minimum absolute atomic E-state index is 0.0476. The number of sulfonamides is 1. The van der Waals surface area contributed by atoms with E-state index in [-0.39, 0.29) is 43.6 Å². The Morgan fingerprint density at radius 2 is 1.65 bits per heavy atom. The number of nitrogens with zero attached hydrogens (tertiary/aromatic N) is 3. The van der Waals surface area contributed by atoms with Crippen LogP contribution in [-0.2, 0) is 25.4 Å². The van der Waals surface area contributed by atoms with Crippen molar-refractivity contribution in [3.8, 4) is 0 Å². The molecule has 9 nitrogen and oxygen atoms in total. The zero-order valence-corrected chi connectivity index (χ0v) is 18.3. The van der Waals surface area contributed by atoms with Crippen LogP contribution in [-0.4, -0.2) is 78.6 Å². The van der Waals surface area contributed by atoms with Crippen LogP contribution in [0.25, 0.3) is 0 Å². The molecule has 1 aromatic carbocycles. The summed E-state index contributed by atoms with van der Waals surface area (Å²) in [6, 6.07) is 8.60. The molecule has 1 spiro atoms. The third-order valence-electron chi connectivity index (χ3n) is 6.43.